The maximum atomic E-state index is 14.7. The van der Waals surface area contributed by atoms with Gasteiger partial charge in [-0.1, -0.05) is 53.2 Å². The first-order valence-electron chi connectivity index (χ1n) is 11.1. The number of amides is 1. The van der Waals surface area contributed by atoms with Gasteiger partial charge in [-0.05, 0) is 55.3 Å². The first-order valence-corrected chi connectivity index (χ1v) is 11.5. The topological polar surface area (TPSA) is 92.9 Å². The highest BCUT2D eigenvalue weighted by atomic mass is 35.5. The number of halogens is 2. The highest BCUT2D eigenvalue weighted by Gasteiger charge is 2.30. The van der Waals surface area contributed by atoms with Gasteiger partial charge in [0.05, 0.1) is 23.7 Å². The van der Waals surface area contributed by atoms with Gasteiger partial charge in [0.25, 0.3) is 0 Å². The van der Waals surface area contributed by atoms with E-state index in [0.717, 1.165) is 0 Å². The van der Waals surface area contributed by atoms with E-state index in [0.29, 0.717) is 38.8 Å². The molecule has 0 saturated heterocycles. The van der Waals surface area contributed by atoms with Gasteiger partial charge in [-0.3, -0.25) is 4.79 Å². The third-order valence-corrected chi connectivity index (χ3v) is 5.74. The Morgan fingerprint density at radius 1 is 1.08 bits per heavy atom. The van der Waals surface area contributed by atoms with Crippen molar-refractivity contribution in [2.45, 2.75) is 20.3 Å². The minimum Gasteiger partial charge on any atom is -0.481 e. The van der Waals surface area contributed by atoms with E-state index in [-0.39, 0.29) is 24.4 Å². The number of rotatable bonds is 7. The standard InChI is InChI=1S/C27H22ClFN2O5/c1-3-35-27(34)31(23-10-5-4-9-21(23)28)25-16(2)30-36-26(25)19-8-6-7-18(15-19)20-13-17(14-24(32)33)11-12-22(20)29/h4-13,15H,3,14H2,1-2H3,(H,32,33). The number of benzene rings is 3. The van der Waals surface area contributed by atoms with Crippen molar-refractivity contribution in [3.63, 3.8) is 0 Å². The van der Waals surface area contributed by atoms with E-state index in [2.05, 4.69) is 5.16 Å². The Morgan fingerprint density at radius 3 is 2.56 bits per heavy atom. The Kier molecular flexibility index (Phi) is 7.36. The van der Waals surface area contributed by atoms with E-state index >= 15 is 0 Å². The summed E-state index contributed by atoms with van der Waals surface area (Å²) in [4.78, 5) is 25.5. The summed E-state index contributed by atoms with van der Waals surface area (Å²) in [5.41, 5.74) is 2.85. The van der Waals surface area contributed by atoms with Crippen molar-refractivity contribution in [1.82, 2.24) is 5.16 Å². The van der Waals surface area contributed by atoms with Gasteiger partial charge < -0.3 is 14.4 Å². The fraction of sp³-hybridized carbons (Fsp3) is 0.148. The third-order valence-electron chi connectivity index (χ3n) is 5.42. The predicted octanol–water partition coefficient (Wildman–Crippen LogP) is 7.03. The van der Waals surface area contributed by atoms with Gasteiger partial charge in [0.1, 0.15) is 17.2 Å². The van der Waals surface area contributed by atoms with E-state index in [1.807, 2.05) is 0 Å². The van der Waals surface area contributed by atoms with Gasteiger partial charge >= 0.3 is 12.1 Å². The van der Waals surface area contributed by atoms with E-state index < -0.39 is 17.9 Å². The van der Waals surface area contributed by atoms with Crippen molar-refractivity contribution in [2.24, 2.45) is 0 Å². The molecule has 0 unspecified atom stereocenters. The number of para-hydroxylation sites is 1. The molecule has 4 rings (SSSR count). The van der Waals surface area contributed by atoms with Crippen LogP contribution in [-0.4, -0.2) is 28.9 Å². The summed E-state index contributed by atoms with van der Waals surface area (Å²) >= 11 is 6.42. The number of carboxylic acids is 1. The number of carboxylic acid groups (broad SMARTS) is 1. The summed E-state index contributed by atoms with van der Waals surface area (Å²) < 4.78 is 25.7. The minimum atomic E-state index is -1.01. The monoisotopic (exact) mass is 508 g/mol. The van der Waals surface area contributed by atoms with Crippen LogP contribution in [-0.2, 0) is 16.0 Å². The molecule has 1 heterocycles. The average molecular weight is 509 g/mol. The smallest absolute Gasteiger partial charge is 0.419 e. The van der Waals surface area contributed by atoms with E-state index in [1.54, 1.807) is 62.4 Å². The molecule has 0 aliphatic rings. The molecule has 1 amide bonds. The molecule has 0 atom stereocenters. The number of carbonyl (C=O) groups excluding carboxylic acids is 1. The zero-order valence-corrected chi connectivity index (χ0v) is 20.3. The van der Waals surface area contributed by atoms with Crippen molar-refractivity contribution in [1.29, 1.82) is 0 Å². The molecule has 7 nitrogen and oxygen atoms in total. The second kappa shape index (κ2) is 10.6. The van der Waals surface area contributed by atoms with Crippen LogP contribution in [0.3, 0.4) is 0 Å². The number of aryl methyl sites for hydroxylation is 1. The summed E-state index contributed by atoms with van der Waals surface area (Å²) in [6.07, 6.45) is -0.896. The van der Waals surface area contributed by atoms with Crippen molar-refractivity contribution < 1.29 is 28.3 Å². The van der Waals surface area contributed by atoms with Crippen LogP contribution in [0.4, 0.5) is 20.6 Å². The number of carbonyl (C=O) groups is 2. The van der Waals surface area contributed by atoms with Crippen molar-refractivity contribution in [3.05, 3.63) is 88.8 Å². The number of anilines is 2. The van der Waals surface area contributed by atoms with Crippen LogP contribution in [0.5, 0.6) is 0 Å². The van der Waals surface area contributed by atoms with Crippen LogP contribution in [0.2, 0.25) is 5.02 Å². The summed E-state index contributed by atoms with van der Waals surface area (Å²) in [6.45, 7) is 3.52. The molecule has 0 aliphatic carbocycles. The van der Waals surface area contributed by atoms with Crippen molar-refractivity contribution in [2.75, 3.05) is 11.5 Å². The van der Waals surface area contributed by atoms with Gasteiger partial charge in [-0.15, -0.1) is 0 Å². The zero-order chi connectivity index (χ0) is 25.8. The molecule has 9 heteroatoms. The molecule has 3 aromatic carbocycles. The Bertz CT molecular complexity index is 1440. The second-order valence-electron chi connectivity index (χ2n) is 7.90. The van der Waals surface area contributed by atoms with E-state index in [9.17, 15) is 14.0 Å². The lowest BCUT2D eigenvalue weighted by molar-refractivity contribution is -0.136. The van der Waals surface area contributed by atoms with Gasteiger partial charge in [-0.2, -0.15) is 0 Å². The van der Waals surface area contributed by atoms with E-state index in [1.165, 1.54) is 23.1 Å². The number of hydrogen-bond donors (Lipinski definition) is 1. The summed E-state index contributed by atoms with van der Waals surface area (Å²) in [5, 5.41) is 13.5. The van der Waals surface area contributed by atoms with Gasteiger partial charge in [0, 0.05) is 11.1 Å². The molecule has 1 aromatic heterocycles. The van der Waals surface area contributed by atoms with E-state index in [4.69, 9.17) is 26.0 Å². The number of aromatic nitrogens is 1. The fourth-order valence-corrected chi connectivity index (χ4v) is 4.08. The molecule has 0 fully saturated rings. The van der Waals surface area contributed by atoms with Crippen molar-refractivity contribution in [3.8, 4) is 22.5 Å². The second-order valence-corrected chi connectivity index (χ2v) is 8.30. The Balaban J connectivity index is 1.84. The third kappa shape index (κ3) is 5.08. The Labute approximate surface area is 211 Å². The number of ether oxygens (including phenoxy) is 1. The first-order chi connectivity index (χ1) is 17.3. The lowest BCUT2D eigenvalue weighted by Crippen LogP contribution is -2.27. The largest absolute Gasteiger partial charge is 0.481 e. The molecule has 0 bridgehead atoms. The van der Waals surface area contributed by atoms with Gasteiger partial charge in [0.15, 0.2) is 5.76 Å². The fourth-order valence-electron chi connectivity index (χ4n) is 3.86. The lowest BCUT2D eigenvalue weighted by Gasteiger charge is -2.23. The predicted molar refractivity (Wildman–Crippen MR) is 134 cm³/mol. The summed E-state index contributed by atoms with van der Waals surface area (Å²) in [6, 6.07) is 17.8. The molecule has 0 spiro atoms. The molecule has 1 N–H and O–H groups in total. The van der Waals surface area contributed by atoms with Crippen LogP contribution in [0.1, 0.15) is 18.2 Å². The lowest BCUT2D eigenvalue weighted by atomic mass is 9.98. The van der Waals surface area contributed by atoms with Gasteiger partial charge in [-0.25, -0.2) is 14.1 Å². The van der Waals surface area contributed by atoms with Crippen LogP contribution in [0, 0.1) is 12.7 Å². The maximum Gasteiger partial charge on any atom is 0.419 e. The number of aliphatic carboxylic acids is 1. The number of nitrogens with zero attached hydrogens (tertiary/aromatic N) is 2. The molecule has 36 heavy (non-hydrogen) atoms. The zero-order valence-electron chi connectivity index (χ0n) is 19.5. The molecular weight excluding hydrogens is 487 g/mol. The molecule has 4 aromatic rings. The highest BCUT2D eigenvalue weighted by molar-refractivity contribution is 6.34. The Morgan fingerprint density at radius 2 is 1.83 bits per heavy atom. The normalized spacial score (nSPS) is 10.8. The number of hydrogen-bond acceptors (Lipinski definition) is 5. The molecule has 184 valence electrons. The van der Waals surface area contributed by atoms with Crippen LogP contribution in [0.15, 0.2) is 71.3 Å². The van der Waals surface area contributed by atoms with Crippen LogP contribution >= 0.6 is 11.6 Å². The quantitative estimate of drug-likeness (QED) is 0.288. The van der Waals surface area contributed by atoms with Crippen LogP contribution < -0.4 is 4.90 Å². The summed E-state index contributed by atoms with van der Waals surface area (Å²) in [5.74, 6) is -1.26. The average Bonchev–Trinajstić information content (AvgIpc) is 3.22. The van der Waals surface area contributed by atoms with Crippen molar-refractivity contribution >= 4 is 35.0 Å². The Hall–Kier alpha value is -4.17. The highest BCUT2D eigenvalue weighted by Crippen LogP contribution is 2.41. The first kappa shape index (κ1) is 24.9. The minimum absolute atomic E-state index is 0.140. The molecule has 0 saturated carbocycles. The SMILES string of the molecule is CCOC(=O)N(c1ccccc1Cl)c1c(C)noc1-c1cccc(-c2cc(CC(=O)O)ccc2F)c1. The maximum absolute atomic E-state index is 14.7. The molecule has 0 radical (unpaired) electrons. The summed E-state index contributed by atoms with van der Waals surface area (Å²) in [7, 11) is 0. The van der Waals surface area contributed by atoms with Gasteiger partial charge in [0.2, 0.25) is 0 Å². The molecule has 0 aliphatic heterocycles. The van der Waals surface area contributed by atoms with Crippen LogP contribution in [0.25, 0.3) is 22.5 Å². The molecular formula is C27H22ClFN2O5.